The quantitative estimate of drug-likeness (QED) is 0.401. The Morgan fingerprint density at radius 2 is 1.44 bits per heavy atom. The number of carbonyl (C=O) groups is 3. The Labute approximate surface area is 196 Å². The molecule has 0 bridgehead atoms. The van der Waals surface area contributed by atoms with Crippen LogP contribution >= 0.6 is 0 Å². The fraction of sp³-hybridized carbons (Fsp3) is 0.280. The highest BCUT2D eigenvalue weighted by Crippen LogP contribution is 2.47. The van der Waals surface area contributed by atoms with Crippen molar-refractivity contribution in [3.63, 3.8) is 0 Å². The third kappa shape index (κ3) is 3.94. The van der Waals surface area contributed by atoms with Crippen LogP contribution < -0.4 is 0 Å². The number of nitrogens with zero attached hydrogens (tertiary/aromatic N) is 4. The minimum absolute atomic E-state index is 0.0251. The molecule has 1 aliphatic heterocycles. The van der Waals surface area contributed by atoms with E-state index in [4.69, 9.17) is 9.47 Å². The highest BCUT2D eigenvalue weighted by atomic mass is 16.5. The number of Topliss-reactive ketones (excluding diaryl/α,β-unsaturated/α-hetero) is 1. The Morgan fingerprint density at radius 3 is 1.91 bits per heavy atom. The van der Waals surface area contributed by atoms with Gasteiger partial charge in [-0.15, -0.1) is 0 Å². The molecule has 2 unspecified atom stereocenters. The minimum Gasteiger partial charge on any atom is -0.468 e. The molecule has 174 valence electrons. The van der Waals surface area contributed by atoms with Gasteiger partial charge in [0.15, 0.2) is 5.78 Å². The predicted octanol–water partition coefficient (Wildman–Crippen LogP) is 1.78. The summed E-state index contributed by atoms with van der Waals surface area (Å²) in [5.74, 6) is -4.74. The second-order valence-corrected chi connectivity index (χ2v) is 7.83. The highest BCUT2D eigenvalue weighted by molar-refractivity contribution is 6.10. The number of piperidine rings is 1. The van der Waals surface area contributed by atoms with Crippen LogP contribution in [-0.2, 0) is 35.9 Å². The standard InChI is InChI=1S/C25H24N4O5/c1-33-23(31)18-16-29(15-17-9-3-6-12-26-17)25(19-10-4-7-13-27-19,20-11-5-8-14-28-20)21(22(18)30)24(32)34-2/h3-14,18,21H,15-16H2,1-2H3. The van der Waals surface area contributed by atoms with Crippen LogP contribution in [0.2, 0.25) is 0 Å². The molecule has 0 aliphatic carbocycles. The molecule has 4 heterocycles. The number of ether oxygens (including phenoxy) is 2. The Morgan fingerprint density at radius 1 is 0.882 bits per heavy atom. The summed E-state index contributed by atoms with van der Waals surface area (Å²) in [6.45, 7) is 0.185. The first-order valence-electron chi connectivity index (χ1n) is 10.7. The number of esters is 2. The van der Waals surface area contributed by atoms with Gasteiger partial charge in [0.25, 0.3) is 0 Å². The number of hydrogen-bond acceptors (Lipinski definition) is 9. The molecule has 9 heteroatoms. The molecule has 9 nitrogen and oxygen atoms in total. The van der Waals surface area contributed by atoms with E-state index in [0.29, 0.717) is 17.1 Å². The largest absolute Gasteiger partial charge is 0.468 e. The zero-order valence-electron chi connectivity index (χ0n) is 18.8. The van der Waals surface area contributed by atoms with Crippen LogP contribution in [0, 0.1) is 11.8 Å². The number of methoxy groups -OCH3 is 2. The maximum absolute atomic E-state index is 13.8. The van der Waals surface area contributed by atoms with Crippen molar-refractivity contribution in [1.29, 1.82) is 0 Å². The van der Waals surface area contributed by atoms with Crippen molar-refractivity contribution >= 4 is 17.7 Å². The smallest absolute Gasteiger partial charge is 0.319 e. The average molecular weight is 460 g/mol. The summed E-state index contributed by atoms with van der Waals surface area (Å²) in [5, 5.41) is 0. The van der Waals surface area contributed by atoms with Crippen LogP contribution in [0.3, 0.4) is 0 Å². The van der Waals surface area contributed by atoms with Gasteiger partial charge in [-0.3, -0.25) is 34.2 Å². The number of pyridine rings is 3. The molecule has 4 rings (SSSR count). The van der Waals surface area contributed by atoms with Crippen LogP contribution in [0.15, 0.2) is 73.2 Å². The Hall–Kier alpha value is -3.98. The lowest BCUT2D eigenvalue weighted by atomic mass is 9.67. The van der Waals surface area contributed by atoms with Gasteiger partial charge in [-0.2, -0.15) is 0 Å². The number of carbonyl (C=O) groups excluding carboxylic acids is 3. The normalized spacial score (nSPS) is 19.9. The van der Waals surface area contributed by atoms with E-state index >= 15 is 0 Å². The topological polar surface area (TPSA) is 112 Å². The van der Waals surface area contributed by atoms with Crippen molar-refractivity contribution < 1.29 is 23.9 Å². The summed E-state index contributed by atoms with van der Waals surface area (Å²) in [6, 6.07) is 16.0. The SMILES string of the molecule is COC(=O)C1CN(Cc2ccccn2)C(c2ccccn2)(c2ccccn2)C(C(=O)OC)C1=O. The third-order valence-electron chi connectivity index (χ3n) is 6.06. The van der Waals surface area contributed by atoms with E-state index in [0.717, 1.165) is 0 Å². The fourth-order valence-corrected chi connectivity index (χ4v) is 4.59. The third-order valence-corrected chi connectivity index (χ3v) is 6.06. The second-order valence-electron chi connectivity index (χ2n) is 7.83. The summed E-state index contributed by atoms with van der Waals surface area (Å²) >= 11 is 0. The molecular weight excluding hydrogens is 436 g/mol. The van der Waals surface area contributed by atoms with Gasteiger partial charge in [-0.1, -0.05) is 18.2 Å². The molecule has 1 aliphatic rings. The Kier molecular flexibility index (Phi) is 6.74. The van der Waals surface area contributed by atoms with Crippen LogP contribution in [0.5, 0.6) is 0 Å². The Bertz CT molecular complexity index is 1120. The van der Waals surface area contributed by atoms with Gasteiger partial charge < -0.3 is 9.47 Å². The summed E-state index contributed by atoms with van der Waals surface area (Å²) in [6.07, 6.45) is 4.83. The maximum atomic E-state index is 13.8. The number of rotatable bonds is 6. The summed E-state index contributed by atoms with van der Waals surface area (Å²) in [4.78, 5) is 55.1. The molecule has 3 aromatic rings. The lowest BCUT2D eigenvalue weighted by molar-refractivity contribution is -0.169. The van der Waals surface area contributed by atoms with Crippen LogP contribution in [0.25, 0.3) is 0 Å². The zero-order valence-corrected chi connectivity index (χ0v) is 18.8. The zero-order chi connectivity index (χ0) is 24.1. The molecule has 2 atom stereocenters. The molecule has 0 saturated carbocycles. The second kappa shape index (κ2) is 9.88. The van der Waals surface area contributed by atoms with Crippen molar-refractivity contribution in [1.82, 2.24) is 19.9 Å². The van der Waals surface area contributed by atoms with Gasteiger partial charge in [-0.25, -0.2) is 0 Å². The lowest BCUT2D eigenvalue weighted by Gasteiger charge is -2.50. The Balaban J connectivity index is 2.03. The van der Waals surface area contributed by atoms with Gasteiger partial charge in [0, 0.05) is 31.7 Å². The highest BCUT2D eigenvalue weighted by Gasteiger charge is 2.62. The van der Waals surface area contributed by atoms with Crippen molar-refractivity contribution in [3.8, 4) is 0 Å². The van der Waals surface area contributed by atoms with Gasteiger partial charge in [0.2, 0.25) is 0 Å². The minimum atomic E-state index is -1.45. The number of hydrogen-bond donors (Lipinski definition) is 0. The fourth-order valence-electron chi connectivity index (χ4n) is 4.59. The maximum Gasteiger partial charge on any atom is 0.319 e. The van der Waals surface area contributed by atoms with E-state index in [1.54, 1.807) is 61.1 Å². The van der Waals surface area contributed by atoms with Gasteiger partial charge in [0.05, 0.1) is 31.3 Å². The summed E-state index contributed by atoms with van der Waals surface area (Å²) < 4.78 is 10.0. The van der Waals surface area contributed by atoms with Crippen molar-refractivity contribution in [2.45, 2.75) is 12.1 Å². The number of ketones is 1. The predicted molar refractivity (Wildman–Crippen MR) is 120 cm³/mol. The first-order valence-corrected chi connectivity index (χ1v) is 10.7. The van der Waals surface area contributed by atoms with Crippen molar-refractivity contribution in [3.05, 3.63) is 90.3 Å². The van der Waals surface area contributed by atoms with Gasteiger partial charge in [0.1, 0.15) is 17.4 Å². The molecule has 3 aromatic heterocycles. The van der Waals surface area contributed by atoms with Crippen molar-refractivity contribution in [2.24, 2.45) is 11.8 Å². The van der Waals surface area contributed by atoms with Gasteiger partial charge >= 0.3 is 11.9 Å². The molecule has 1 saturated heterocycles. The molecule has 0 spiro atoms. The van der Waals surface area contributed by atoms with Gasteiger partial charge in [-0.05, 0) is 36.4 Å². The van der Waals surface area contributed by atoms with E-state index in [9.17, 15) is 14.4 Å². The molecular formula is C25H24N4O5. The van der Waals surface area contributed by atoms with E-state index in [2.05, 4.69) is 15.0 Å². The molecule has 0 N–H and O–H groups in total. The van der Waals surface area contributed by atoms with Crippen LogP contribution in [0.4, 0.5) is 0 Å². The average Bonchev–Trinajstić information content (AvgIpc) is 2.90. The summed E-state index contributed by atoms with van der Waals surface area (Å²) in [7, 11) is 2.42. The molecule has 0 amide bonds. The van der Waals surface area contributed by atoms with E-state index in [1.165, 1.54) is 14.2 Å². The molecule has 0 aromatic carbocycles. The van der Waals surface area contributed by atoms with E-state index in [1.807, 2.05) is 17.0 Å². The number of aromatic nitrogens is 3. The van der Waals surface area contributed by atoms with E-state index < -0.39 is 35.1 Å². The molecule has 34 heavy (non-hydrogen) atoms. The summed E-state index contributed by atoms with van der Waals surface area (Å²) in [5.41, 5.74) is 0.0862. The van der Waals surface area contributed by atoms with Crippen LogP contribution in [-0.4, -0.2) is 58.3 Å². The van der Waals surface area contributed by atoms with E-state index in [-0.39, 0.29) is 13.1 Å². The van der Waals surface area contributed by atoms with Crippen LogP contribution in [0.1, 0.15) is 17.1 Å². The number of likely N-dealkylation sites (tertiary alicyclic amines) is 1. The van der Waals surface area contributed by atoms with Crippen molar-refractivity contribution in [2.75, 3.05) is 20.8 Å². The monoisotopic (exact) mass is 460 g/mol. The molecule has 1 fully saturated rings. The molecule has 0 radical (unpaired) electrons. The lowest BCUT2D eigenvalue weighted by Crippen LogP contribution is -2.65. The first kappa shape index (κ1) is 23.2. The first-order chi connectivity index (χ1) is 16.5.